The highest BCUT2D eigenvalue weighted by atomic mass is 35.5. The molecule has 2 aromatic carbocycles. The number of nitrogens with two attached hydrogens (primary N) is 1. The molecule has 0 fully saturated rings. The molecule has 0 aliphatic heterocycles. The Bertz CT molecular complexity index is 735. The van der Waals surface area contributed by atoms with Crippen molar-refractivity contribution in [1.82, 2.24) is 4.98 Å². The molecule has 106 valence electrons. The third-order valence-corrected chi connectivity index (χ3v) is 3.75. The molecule has 1 unspecified atom stereocenters. The lowest BCUT2D eigenvalue weighted by Crippen LogP contribution is -2.21. The molecule has 0 amide bonds. The lowest BCUT2D eigenvalue weighted by molar-refractivity contribution is 0.792. The molecule has 0 aliphatic carbocycles. The van der Waals surface area contributed by atoms with E-state index in [0.717, 1.165) is 21.7 Å². The van der Waals surface area contributed by atoms with Gasteiger partial charge < -0.3 is 11.1 Å². The van der Waals surface area contributed by atoms with E-state index >= 15 is 0 Å². The van der Waals surface area contributed by atoms with Crippen LogP contribution in [-0.4, -0.2) is 11.5 Å². The molecule has 1 aromatic heterocycles. The molecule has 0 aliphatic rings. The monoisotopic (exact) mass is 297 g/mol. The van der Waals surface area contributed by atoms with Gasteiger partial charge in [0.1, 0.15) is 0 Å². The van der Waals surface area contributed by atoms with Gasteiger partial charge in [0.05, 0.1) is 6.04 Å². The lowest BCUT2D eigenvalue weighted by atomic mass is 10.0. The van der Waals surface area contributed by atoms with E-state index in [0.29, 0.717) is 6.54 Å². The highest BCUT2D eigenvalue weighted by molar-refractivity contribution is 6.30. The Morgan fingerprint density at radius 2 is 1.81 bits per heavy atom. The van der Waals surface area contributed by atoms with Crippen LogP contribution in [0.25, 0.3) is 10.8 Å². The molecule has 3 nitrogen and oxygen atoms in total. The Labute approximate surface area is 128 Å². The molecule has 1 atom stereocenters. The SMILES string of the molecule is NCC(Nc1ccc(Cl)cc1)c1cncc2ccccc12. The molecule has 0 saturated heterocycles. The maximum absolute atomic E-state index is 5.96. The second-order valence-electron chi connectivity index (χ2n) is 4.89. The summed E-state index contributed by atoms with van der Waals surface area (Å²) in [5.41, 5.74) is 8.05. The van der Waals surface area contributed by atoms with Gasteiger partial charge in [-0.1, -0.05) is 35.9 Å². The summed E-state index contributed by atoms with van der Waals surface area (Å²) in [4.78, 5) is 4.32. The topological polar surface area (TPSA) is 50.9 Å². The minimum absolute atomic E-state index is 0.00442. The third kappa shape index (κ3) is 2.99. The Morgan fingerprint density at radius 1 is 1.05 bits per heavy atom. The van der Waals surface area contributed by atoms with Crippen LogP contribution >= 0.6 is 11.6 Å². The zero-order chi connectivity index (χ0) is 14.7. The van der Waals surface area contributed by atoms with Gasteiger partial charge in [-0.15, -0.1) is 0 Å². The van der Waals surface area contributed by atoms with Crippen molar-refractivity contribution in [2.45, 2.75) is 6.04 Å². The van der Waals surface area contributed by atoms with Crippen LogP contribution in [0.3, 0.4) is 0 Å². The van der Waals surface area contributed by atoms with E-state index in [9.17, 15) is 0 Å². The molecular formula is C17H16ClN3. The fourth-order valence-electron chi connectivity index (χ4n) is 2.43. The van der Waals surface area contributed by atoms with Crippen LogP contribution in [-0.2, 0) is 0 Å². The molecule has 1 heterocycles. The minimum atomic E-state index is 0.00442. The Kier molecular flexibility index (Phi) is 4.04. The maximum Gasteiger partial charge on any atom is 0.0657 e. The van der Waals surface area contributed by atoms with Crippen LogP contribution in [0, 0.1) is 0 Å². The van der Waals surface area contributed by atoms with Crippen LogP contribution in [0.1, 0.15) is 11.6 Å². The molecular weight excluding hydrogens is 282 g/mol. The van der Waals surface area contributed by atoms with Crippen molar-refractivity contribution in [3.63, 3.8) is 0 Å². The first-order chi connectivity index (χ1) is 10.3. The summed E-state index contributed by atoms with van der Waals surface area (Å²) in [6.45, 7) is 0.484. The third-order valence-electron chi connectivity index (χ3n) is 3.50. The van der Waals surface area contributed by atoms with Crippen molar-refractivity contribution in [1.29, 1.82) is 0 Å². The molecule has 0 bridgehead atoms. The van der Waals surface area contributed by atoms with E-state index in [2.05, 4.69) is 22.4 Å². The quantitative estimate of drug-likeness (QED) is 0.765. The largest absolute Gasteiger partial charge is 0.377 e. The second kappa shape index (κ2) is 6.12. The van der Waals surface area contributed by atoms with Crippen LogP contribution in [0.5, 0.6) is 0 Å². The van der Waals surface area contributed by atoms with E-state index < -0.39 is 0 Å². The number of hydrogen-bond donors (Lipinski definition) is 2. The minimum Gasteiger partial charge on any atom is -0.377 e. The number of rotatable bonds is 4. The Balaban J connectivity index is 1.96. The van der Waals surface area contributed by atoms with Crippen molar-refractivity contribution in [3.05, 3.63) is 71.5 Å². The van der Waals surface area contributed by atoms with E-state index in [1.165, 1.54) is 5.39 Å². The number of benzene rings is 2. The van der Waals surface area contributed by atoms with Gasteiger partial charge in [0, 0.05) is 40.6 Å². The van der Waals surface area contributed by atoms with Gasteiger partial charge in [0.2, 0.25) is 0 Å². The summed E-state index contributed by atoms with van der Waals surface area (Å²) in [6, 6.07) is 15.8. The van der Waals surface area contributed by atoms with Crippen LogP contribution in [0.15, 0.2) is 60.9 Å². The summed E-state index contributed by atoms with van der Waals surface area (Å²) in [5.74, 6) is 0. The number of halogens is 1. The molecule has 3 rings (SSSR count). The number of fused-ring (bicyclic) bond motifs is 1. The van der Waals surface area contributed by atoms with Crippen LogP contribution in [0.4, 0.5) is 5.69 Å². The predicted molar refractivity (Wildman–Crippen MR) is 88.6 cm³/mol. The molecule has 3 aromatic rings. The predicted octanol–water partition coefficient (Wildman–Crippen LogP) is 4.00. The maximum atomic E-state index is 5.96. The Morgan fingerprint density at radius 3 is 2.57 bits per heavy atom. The summed E-state index contributed by atoms with van der Waals surface area (Å²) in [6.07, 6.45) is 3.75. The molecule has 3 N–H and O–H groups in total. The zero-order valence-corrected chi connectivity index (χ0v) is 12.2. The van der Waals surface area contributed by atoms with Gasteiger partial charge in [-0.2, -0.15) is 0 Å². The number of anilines is 1. The van der Waals surface area contributed by atoms with Crippen molar-refractivity contribution in [2.24, 2.45) is 5.73 Å². The second-order valence-corrected chi connectivity index (χ2v) is 5.33. The van der Waals surface area contributed by atoms with Gasteiger partial charge in [0.15, 0.2) is 0 Å². The average Bonchev–Trinajstić information content (AvgIpc) is 2.54. The van der Waals surface area contributed by atoms with Gasteiger partial charge in [-0.05, 0) is 29.7 Å². The van der Waals surface area contributed by atoms with Gasteiger partial charge in [-0.25, -0.2) is 0 Å². The van der Waals surface area contributed by atoms with E-state index in [1.807, 2.05) is 48.8 Å². The van der Waals surface area contributed by atoms with Crippen molar-refractivity contribution >= 4 is 28.1 Å². The smallest absolute Gasteiger partial charge is 0.0657 e. The van der Waals surface area contributed by atoms with Crippen LogP contribution < -0.4 is 11.1 Å². The summed E-state index contributed by atoms with van der Waals surface area (Å²) < 4.78 is 0. The van der Waals surface area contributed by atoms with E-state index in [-0.39, 0.29) is 6.04 Å². The highest BCUT2D eigenvalue weighted by Crippen LogP contribution is 2.26. The number of pyridine rings is 1. The standard InChI is InChI=1S/C17H16ClN3/c18-13-5-7-14(8-6-13)21-17(9-19)16-11-20-10-12-3-1-2-4-15(12)16/h1-8,10-11,17,21H,9,19H2. The number of nitrogens with one attached hydrogen (secondary N) is 1. The van der Waals surface area contributed by atoms with Gasteiger partial charge in [-0.3, -0.25) is 4.98 Å². The first-order valence-corrected chi connectivity index (χ1v) is 7.20. The molecule has 21 heavy (non-hydrogen) atoms. The number of nitrogens with zero attached hydrogens (tertiary/aromatic N) is 1. The normalized spacial score (nSPS) is 12.3. The summed E-state index contributed by atoms with van der Waals surface area (Å²) >= 11 is 5.91. The molecule has 0 spiro atoms. The molecule has 4 heteroatoms. The summed E-state index contributed by atoms with van der Waals surface area (Å²) in [5, 5.41) is 6.45. The highest BCUT2D eigenvalue weighted by Gasteiger charge is 2.13. The first kappa shape index (κ1) is 13.9. The molecule has 0 saturated carbocycles. The van der Waals surface area contributed by atoms with Crippen LogP contribution in [0.2, 0.25) is 5.02 Å². The first-order valence-electron chi connectivity index (χ1n) is 6.83. The fourth-order valence-corrected chi connectivity index (χ4v) is 2.55. The Hall–Kier alpha value is -2.10. The fraction of sp³-hybridized carbons (Fsp3) is 0.118. The van der Waals surface area contributed by atoms with Crippen molar-refractivity contribution in [3.8, 4) is 0 Å². The van der Waals surface area contributed by atoms with Crippen molar-refractivity contribution in [2.75, 3.05) is 11.9 Å². The number of hydrogen-bond acceptors (Lipinski definition) is 3. The number of aromatic nitrogens is 1. The summed E-state index contributed by atoms with van der Waals surface area (Å²) in [7, 11) is 0. The van der Waals surface area contributed by atoms with E-state index in [4.69, 9.17) is 17.3 Å². The molecule has 0 radical (unpaired) electrons. The average molecular weight is 298 g/mol. The van der Waals surface area contributed by atoms with E-state index in [1.54, 1.807) is 0 Å². The lowest BCUT2D eigenvalue weighted by Gasteiger charge is -2.20. The zero-order valence-electron chi connectivity index (χ0n) is 11.5. The van der Waals surface area contributed by atoms with Gasteiger partial charge in [0.25, 0.3) is 0 Å². The van der Waals surface area contributed by atoms with Crippen molar-refractivity contribution < 1.29 is 0 Å². The van der Waals surface area contributed by atoms with Gasteiger partial charge >= 0.3 is 0 Å².